The van der Waals surface area contributed by atoms with Crippen molar-refractivity contribution in [1.29, 1.82) is 0 Å². The zero-order valence-corrected chi connectivity index (χ0v) is 16.2. The van der Waals surface area contributed by atoms with Gasteiger partial charge in [-0.25, -0.2) is 4.79 Å². The molecule has 0 atom stereocenters. The van der Waals surface area contributed by atoms with E-state index < -0.39 is 0 Å². The molecule has 0 radical (unpaired) electrons. The Morgan fingerprint density at radius 2 is 1.41 bits per heavy atom. The molecule has 0 saturated heterocycles. The van der Waals surface area contributed by atoms with E-state index in [-0.39, 0.29) is 17.8 Å². The maximum absolute atomic E-state index is 12.4. The molecule has 1 heterocycles. The second kappa shape index (κ2) is 7.87. The number of carbonyl (C=O) groups excluding carboxylic acids is 3. The molecule has 0 saturated carbocycles. The van der Waals surface area contributed by atoms with Crippen LogP contribution in [0, 0.1) is 0 Å². The van der Waals surface area contributed by atoms with Crippen molar-refractivity contribution in [2.24, 2.45) is 0 Å². The van der Waals surface area contributed by atoms with E-state index in [0.29, 0.717) is 29.7 Å². The first kappa shape index (κ1) is 18.9. The molecule has 3 aliphatic rings. The van der Waals surface area contributed by atoms with Gasteiger partial charge in [-0.15, -0.1) is 0 Å². The fraction of sp³-hybridized carbons (Fsp3) is 0.208. The van der Waals surface area contributed by atoms with Crippen LogP contribution in [0.5, 0.6) is 0 Å². The van der Waals surface area contributed by atoms with Gasteiger partial charge in [0, 0.05) is 6.54 Å². The van der Waals surface area contributed by atoms with Crippen LogP contribution in [0.25, 0.3) is 11.1 Å². The number of ether oxygens (including phenoxy) is 1. The van der Waals surface area contributed by atoms with Crippen molar-refractivity contribution in [3.8, 4) is 11.1 Å². The van der Waals surface area contributed by atoms with Gasteiger partial charge in [0.1, 0.15) is 0 Å². The molecular formula is C24H21NO4. The largest absolute Gasteiger partial charge is 0.465 e. The highest BCUT2D eigenvalue weighted by Crippen LogP contribution is 2.33. The number of nitrogens with zero attached hydrogens (tertiary/aromatic N) is 1. The molecule has 0 fully saturated rings. The number of hydrogen-bond acceptors (Lipinski definition) is 4. The summed E-state index contributed by atoms with van der Waals surface area (Å²) in [6, 6.07) is 18.5. The molecule has 0 N–H and O–H groups in total. The predicted molar refractivity (Wildman–Crippen MR) is 109 cm³/mol. The number of rotatable bonds is 6. The first-order chi connectivity index (χ1) is 14.1. The SMILES string of the molecule is COC(=O)c1cc(CCCCN2C(=O)c3ccccc3C2=O)c2cccccc1-2. The van der Waals surface area contributed by atoms with E-state index in [2.05, 4.69) is 0 Å². The summed E-state index contributed by atoms with van der Waals surface area (Å²) in [6.45, 7) is 0.391. The van der Waals surface area contributed by atoms with E-state index in [9.17, 15) is 14.4 Å². The van der Waals surface area contributed by atoms with Crippen molar-refractivity contribution in [2.75, 3.05) is 13.7 Å². The maximum atomic E-state index is 12.4. The fourth-order valence-electron chi connectivity index (χ4n) is 3.91. The lowest BCUT2D eigenvalue weighted by Gasteiger charge is -2.13. The van der Waals surface area contributed by atoms with E-state index in [1.807, 2.05) is 36.4 Å². The molecule has 2 amide bonds. The van der Waals surface area contributed by atoms with Gasteiger partial charge in [0.05, 0.1) is 23.8 Å². The highest BCUT2D eigenvalue weighted by molar-refractivity contribution is 6.21. The third-order valence-corrected chi connectivity index (χ3v) is 5.35. The van der Waals surface area contributed by atoms with Crippen molar-refractivity contribution < 1.29 is 19.1 Å². The van der Waals surface area contributed by atoms with Gasteiger partial charge in [0.15, 0.2) is 0 Å². The Hall–Kier alpha value is -3.47. The summed E-state index contributed by atoms with van der Waals surface area (Å²) < 4.78 is 4.92. The van der Waals surface area contributed by atoms with Crippen molar-refractivity contribution in [1.82, 2.24) is 4.90 Å². The quantitative estimate of drug-likeness (QED) is 0.361. The van der Waals surface area contributed by atoms with Gasteiger partial charge in [-0.1, -0.05) is 42.5 Å². The molecule has 5 heteroatoms. The number of benzene rings is 1. The molecule has 1 aliphatic heterocycles. The average Bonchev–Trinajstić information content (AvgIpc) is 3.07. The van der Waals surface area contributed by atoms with Gasteiger partial charge in [-0.3, -0.25) is 14.5 Å². The van der Waals surface area contributed by atoms with Crippen LogP contribution in [0.4, 0.5) is 0 Å². The van der Waals surface area contributed by atoms with Gasteiger partial charge >= 0.3 is 5.97 Å². The molecule has 1 aromatic carbocycles. The summed E-state index contributed by atoms with van der Waals surface area (Å²) in [7, 11) is 1.38. The predicted octanol–water partition coefficient (Wildman–Crippen LogP) is 4.20. The number of aryl methyl sites for hydroxylation is 1. The van der Waals surface area contributed by atoms with Crippen LogP contribution >= 0.6 is 0 Å². The molecule has 0 aromatic heterocycles. The number of hydrogen-bond donors (Lipinski definition) is 0. The molecule has 2 aliphatic carbocycles. The normalized spacial score (nSPS) is 13.1. The molecule has 29 heavy (non-hydrogen) atoms. The van der Waals surface area contributed by atoms with Crippen LogP contribution < -0.4 is 0 Å². The van der Waals surface area contributed by atoms with Crippen molar-refractivity contribution in [3.05, 3.63) is 82.9 Å². The molecule has 0 bridgehead atoms. The Bertz CT molecular complexity index is 1040. The average molecular weight is 387 g/mol. The third kappa shape index (κ3) is 3.40. The number of carbonyl (C=O) groups is 3. The second-order valence-electron chi connectivity index (χ2n) is 7.08. The Morgan fingerprint density at radius 1 is 0.828 bits per heavy atom. The summed E-state index contributed by atoms with van der Waals surface area (Å²) in [5.41, 5.74) is 4.49. The number of fused-ring (bicyclic) bond motifs is 2. The van der Waals surface area contributed by atoms with Crippen LogP contribution in [0.15, 0.2) is 60.7 Å². The Balaban J connectivity index is 1.43. The zero-order valence-electron chi connectivity index (χ0n) is 16.2. The van der Waals surface area contributed by atoms with Crippen molar-refractivity contribution in [3.63, 3.8) is 0 Å². The molecule has 0 spiro atoms. The van der Waals surface area contributed by atoms with Crippen molar-refractivity contribution >= 4 is 17.8 Å². The molecule has 146 valence electrons. The van der Waals surface area contributed by atoms with Gasteiger partial charge < -0.3 is 4.74 Å². The molecule has 0 unspecified atom stereocenters. The van der Waals surface area contributed by atoms with Crippen LogP contribution in [-0.2, 0) is 11.2 Å². The minimum Gasteiger partial charge on any atom is -0.465 e. The minimum atomic E-state index is -0.349. The molecule has 1 aromatic rings. The number of unbranched alkanes of at least 4 members (excludes halogenated alkanes) is 1. The topological polar surface area (TPSA) is 63.7 Å². The van der Waals surface area contributed by atoms with Gasteiger partial charge in [0.2, 0.25) is 0 Å². The number of methoxy groups -OCH3 is 1. The van der Waals surface area contributed by atoms with E-state index in [1.165, 1.54) is 12.0 Å². The van der Waals surface area contributed by atoms with Gasteiger partial charge in [-0.05, 0) is 54.2 Å². The van der Waals surface area contributed by atoms with E-state index in [0.717, 1.165) is 29.5 Å². The molecule has 5 nitrogen and oxygen atoms in total. The smallest absolute Gasteiger partial charge is 0.338 e. The minimum absolute atomic E-state index is 0.218. The summed E-state index contributed by atoms with van der Waals surface area (Å²) in [4.78, 5) is 38.3. The van der Waals surface area contributed by atoms with Gasteiger partial charge in [-0.2, -0.15) is 0 Å². The fourth-order valence-corrected chi connectivity index (χ4v) is 3.91. The third-order valence-electron chi connectivity index (χ3n) is 5.35. The highest BCUT2D eigenvalue weighted by atomic mass is 16.5. The van der Waals surface area contributed by atoms with Crippen LogP contribution in [0.2, 0.25) is 0 Å². The lowest BCUT2D eigenvalue weighted by molar-refractivity contribution is 0.0599. The Labute approximate surface area is 169 Å². The second-order valence-corrected chi connectivity index (χ2v) is 7.08. The van der Waals surface area contributed by atoms with Gasteiger partial charge in [0.25, 0.3) is 11.8 Å². The summed E-state index contributed by atoms with van der Waals surface area (Å²) in [5, 5.41) is 0. The first-order valence-corrected chi connectivity index (χ1v) is 9.66. The number of imide groups is 1. The lowest BCUT2D eigenvalue weighted by Crippen LogP contribution is -2.30. The van der Waals surface area contributed by atoms with Crippen molar-refractivity contribution in [2.45, 2.75) is 19.3 Å². The first-order valence-electron chi connectivity index (χ1n) is 9.66. The van der Waals surface area contributed by atoms with Crippen LogP contribution in [-0.4, -0.2) is 36.3 Å². The summed E-state index contributed by atoms with van der Waals surface area (Å²) >= 11 is 0. The monoisotopic (exact) mass is 387 g/mol. The standard InChI is InChI=1S/C24H21NO4/c1-29-24(28)21-15-16(17-10-3-2-4-11-18(17)21)9-7-8-14-25-22(26)19-12-5-6-13-20(19)23(25)27/h2-6,10-13,15H,7-9,14H2,1H3. The lowest BCUT2D eigenvalue weighted by atomic mass is 10.0. The highest BCUT2D eigenvalue weighted by Gasteiger charge is 2.34. The van der Waals surface area contributed by atoms with Crippen LogP contribution in [0.3, 0.4) is 0 Å². The van der Waals surface area contributed by atoms with E-state index >= 15 is 0 Å². The number of esters is 1. The zero-order chi connectivity index (χ0) is 20.4. The Kier molecular flexibility index (Phi) is 5.12. The molecular weight excluding hydrogens is 366 g/mol. The van der Waals surface area contributed by atoms with Crippen LogP contribution in [0.1, 0.15) is 49.5 Å². The summed E-state index contributed by atoms with van der Waals surface area (Å²) in [5.74, 6) is -0.785. The maximum Gasteiger partial charge on any atom is 0.338 e. The van der Waals surface area contributed by atoms with E-state index in [1.54, 1.807) is 24.3 Å². The number of amides is 2. The summed E-state index contributed by atoms with van der Waals surface area (Å²) in [6.07, 6.45) is 2.25. The van der Waals surface area contributed by atoms with E-state index in [4.69, 9.17) is 4.74 Å². The Morgan fingerprint density at radius 3 is 2.07 bits per heavy atom. The molecule has 4 rings (SSSR count).